The van der Waals surface area contributed by atoms with Crippen LogP contribution in [0.4, 0.5) is 0 Å². The molecule has 1 aromatic carbocycles. The second kappa shape index (κ2) is 33.4. The van der Waals surface area contributed by atoms with Crippen molar-refractivity contribution in [2.45, 2.75) is 134 Å². The number of phenols is 1. The number of aliphatic hydroxyl groups excluding tert-OH is 1. The number of benzene rings is 1. The van der Waals surface area contributed by atoms with Crippen molar-refractivity contribution in [1.82, 2.24) is 47.9 Å². The third-order valence-corrected chi connectivity index (χ3v) is 10.9. The standard InChI is InChI=1S/C46H69N11O20/c1-21(2)15-28(43(74)57-31(20-58)40(71)50-19-37(68)69)51-33(61)18-49-39(70)25(9-12-32(47)60)52-41(72)26(10-13-34(62)63)53-44(75)29(16-23-5-7-24(59)8-6-23)55-45(76)30(17-36(66)67)56-42(73)27(11-14-35(64)65)54-46(77)38(48)22(3)4/h5-8,21-22,25-31,38,58-59H,9-20,48H2,1-4H3,(H2,47,60)(H,49,70)(H,50,71)(H,51,61)(H,52,72)(H,53,75)(H,54,77)(H,55,76)(H,56,73)(H,57,74)(H,62,63)(H,64,65)(H,66,67)(H,68,69)/t25-,26-,27-,28-,29-,30-,31-,38-/m0/s1. The predicted octanol–water partition coefficient (Wildman–Crippen LogP) is -5.86. The molecule has 428 valence electrons. The zero-order chi connectivity index (χ0) is 58.7. The number of amides is 10. The van der Waals surface area contributed by atoms with Crippen molar-refractivity contribution in [1.29, 1.82) is 0 Å². The van der Waals surface area contributed by atoms with E-state index < -0.39 is 208 Å². The molecule has 1 aromatic rings. The Labute approximate surface area is 440 Å². The quantitative estimate of drug-likeness (QED) is 0.0298. The molecule has 0 aromatic heterocycles. The number of carbonyl (C=O) groups excluding carboxylic acids is 10. The Morgan fingerprint density at radius 2 is 0.896 bits per heavy atom. The van der Waals surface area contributed by atoms with Crippen molar-refractivity contribution in [2.24, 2.45) is 23.3 Å². The topological polar surface area (TPSA) is 521 Å². The van der Waals surface area contributed by atoms with Crippen LogP contribution in [0, 0.1) is 11.8 Å². The molecule has 0 saturated carbocycles. The minimum Gasteiger partial charge on any atom is -0.508 e. The van der Waals surface area contributed by atoms with E-state index in [4.69, 9.17) is 16.6 Å². The Morgan fingerprint density at radius 1 is 0.481 bits per heavy atom. The Morgan fingerprint density at radius 3 is 1.36 bits per heavy atom. The van der Waals surface area contributed by atoms with E-state index in [1.165, 1.54) is 24.3 Å². The number of aliphatic hydroxyl groups is 1. The van der Waals surface area contributed by atoms with Gasteiger partial charge in [0, 0.05) is 25.7 Å². The van der Waals surface area contributed by atoms with Gasteiger partial charge >= 0.3 is 23.9 Å². The molecule has 31 heteroatoms. The molecule has 0 aliphatic rings. The molecule has 0 fully saturated rings. The molecule has 8 atom stereocenters. The molecule has 0 aliphatic heterocycles. The third-order valence-electron chi connectivity index (χ3n) is 10.9. The van der Waals surface area contributed by atoms with Crippen molar-refractivity contribution in [2.75, 3.05) is 19.7 Å². The van der Waals surface area contributed by atoms with Crippen molar-refractivity contribution in [3.05, 3.63) is 29.8 Å². The number of hydrogen-bond acceptors (Lipinski definition) is 17. The van der Waals surface area contributed by atoms with Crippen molar-refractivity contribution in [3.8, 4) is 5.75 Å². The lowest BCUT2D eigenvalue weighted by Crippen LogP contribution is -2.60. The second-order valence-corrected chi connectivity index (χ2v) is 18.2. The minimum absolute atomic E-state index is 0.0494. The first-order valence-corrected chi connectivity index (χ1v) is 23.9. The van der Waals surface area contributed by atoms with Crippen LogP contribution in [0.5, 0.6) is 5.75 Å². The summed E-state index contributed by atoms with van der Waals surface area (Å²) < 4.78 is 0. The van der Waals surface area contributed by atoms with Crippen LogP contribution in [0.3, 0.4) is 0 Å². The maximum atomic E-state index is 14.2. The number of hydrogen-bond donors (Lipinski definition) is 17. The van der Waals surface area contributed by atoms with Crippen molar-refractivity contribution < 1.29 is 97.8 Å². The van der Waals surface area contributed by atoms with Gasteiger partial charge in [-0.05, 0) is 55.2 Å². The molecule has 77 heavy (non-hydrogen) atoms. The summed E-state index contributed by atoms with van der Waals surface area (Å²) in [5.41, 5.74) is 11.4. The van der Waals surface area contributed by atoms with Crippen molar-refractivity contribution >= 4 is 82.9 Å². The first-order valence-electron chi connectivity index (χ1n) is 23.9. The van der Waals surface area contributed by atoms with E-state index in [0.29, 0.717) is 0 Å². The summed E-state index contributed by atoms with van der Waals surface area (Å²) in [6.45, 7) is 3.83. The molecule has 0 aliphatic carbocycles. The fraction of sp³-hybridized carbons (Fsp3) is 0.565. The number of carbonyl (C=O) groups is 14. The Balaban J connectivity index is 3.52. The summed E-state index contributed by atoms with van der Waals surface area (Å²) in [6.07, 6.45) is -5.51. The number of carboxylic acids is 4. The van der Waals surface area contributed by atoms with E-state index in [0.717, 1.165) is 0 Å². The zero-order valence-electron chi connectivity index (χ0n) is 42.6. The summed E-state index contributed by atoms with van der Waals surface area (Å²) in [5, 5.41) is 76.8. The highest BCUT2D eigenvalue weighted by atomic mass is 16.4. The smallest absolute Gasteiger partial charge is 0.322 e. The van der Waals surface area contributed by atoms with Crippen LogP contribution in [0.15, 0.2) is 24.3 Å². The van der Waals surface area contributed by atoms with E-state index in [1.54, 1.807) is 27.7 Å². The molecule has 10 amide bonds. The van der Waals surface area contributed by atoms with Crippen LogP contribution >= 0.6 is 0 Å². The summed E-state index contributed by atoms with van der Waals surface area (Å²) in [4.78, 5) is 178. The maximum Gasteiger partial charge on any atom is 0.322 e. The van der Waals surface area contributed by atoms with Gasteiger partial charge in [-0.2, -0.15) is 0 Å². The molecular formula is C46H69N11O20. The summed E-state index contributed by atoms with van der Waals surface area (Å²) in [7, 11) is 0. The molecular weight excluding hydrogens is 1030 g/mol. The SMILES string of the molecule is CC(C)C[C@H](NC(=O)CNC(=O)[C@H](CCC(N)=O)NC(=O)[C@H](CCC(=O)O)NC(=O)[C@H](Cc1ccc(O)cc1)NC(=O)[C@H](CC(=O)O)NC(=O)[C@H](CCC(=O)O)NC(=O)[C@@H](N)C(C)C)C(=O)N[C@@H](CO)C(=O)NCC(=O)O. The summed E-state index contributed by atoms with van der Waals surface area (Å²) in [6, 6.07) is -8.28. The van der Waals surface area contributed by atoms with E-state index in [-0.39, 0.29) is 23.7 Å². The average molecular weight is 1100 g/mol. The first kappa shape index (κ1) is 66.5. The normalized spacial score (nSPS) is 14.0. The van der Waals surface area contributed by atoms with Gasteiger partial charge in [-0.1, -0.05) is 39.8 Å². The molecule has 0 bridgehead atoms. The molecule has 0 radical (unpaired) electrons. The summed E-state index contributed by atoms with van der Waals surface area (Å²) in [5.74, 6) is -18.0. The van der Waals surface area contributed by atoms with Gasteiger partial charge in [0.2, 0.25) is 59.1 Å². The van der Waals surface area contributed by atoms with Gasteiger partial charge in [-0.15, -0.1) is 0 Å². The van der Waals surface area contributed by atoms with E-state index in [1.807, 2.05) is 5.32 Å². The monoisotopic (exact) mass is 1100 g/mol. The minimum atomic E-state index is -2.03. The molecule has 0 unspecified atom stereocenters. The van der Waals surface area contributed by atoms with E-state index in [2.05, 4.69) is 42.5 Å². The lowest BCUT2D eigenvalue weighted by molar-refractivity contribution is -0.142. The highest BCUT2D eigenvalue weighted by Crippen LogP contribution is 2.14. The first-order chi connectivity index (χ1) is 35.9. The van der Waals surface area contributed by atoms with Gasteiger partial charge in [0.1, 0.15) is 54.6 Å². The number of nitrogens with two attached hydrogens (primary N) is 2. The molecule has 1 rings (SSSR count). The van der Waals surface area contributed by atoms with Gasteiger partial charge in [-0.25, -0.2) is 0 Å². The Bertz CT molecular complexity index is 2300. The number of rotatable bonds is 36. The van der Waals surface area contributed by atoms with Gasteiger partial charge in [0.15, 0.2) is 0 Å². The van der Waals surface area contributed by atoms with E-state index in [9.17, 15) is 92.7 Å². The van der Waals surface area contributed by atoms with Crippen LogP contribution in [0.2, 0.25) is 0 Å². The van der Waals surface area contributed by atoms with Crippen LogP contribution in [0.1, 0.15) is 84.6 Å². The van der Waals surface area contributed by atoms with Crippen LogP contribution < -0.4 is 59.3 Å². The van der Waals surface area contributed by atoms with Gasteiger partial charge in [0.05, 0.1) is 25.6 Å². The lowest BCUT2D eigenvalue weighted by atomic mass is 10.0. The van der Waals surface area contributed by atoms with Gasteiger partial charge < -0.3 is 90.0 Å². The number of carboxylic acid groups (broad SMARTS) is 4. The van der Waals surface area contributed by atoms with Gasteiger partial charge in [-0.3, -0.25) is 67.1 Å². The maximum absolute atomic E-state index is 14.2. The Hall–Kier alpha value is -8.48. The average Bonchev–Trinajstić information content (AvgIpc) is 3.34. The lowest BCUT2D eigenvalue weighted by Gasteiger charge is -2.27. The Kier molecular flexibility index (Phi) is 28.9. The second-order valence-electron chi connectivity index (χ2n) is 18.2. The largest absolute Gasteiger partial charge is 0.508 e. The summed E-state index contributed by atoms with van der Waals surface area (Å²) >= 11 is 0. The van der Waals surface area contributed by atoms with Crippen molar-refractivity contribution in [3.63, 3.8) is 0 Å². The highest BCUT2D eigenvalue weighted by molar-refractivity contribution is 5.99. The van der Waals surface area contributed by atoms with Crippen LogP contribution in [-0.4, -0.2) is 182 Å². The van der Waals surface area contributed by atoms with Gasteiger partial charge in [0.25, 0.3) is 0 Å². The van der Waals surface area contributed by atoms with Crippen LogP contribution in [-0.2, 0) is 73.5 Å². The molecule has 0 saturated heterocycles. The number of nitrogens with one attached hydrogen (secondary N) is 9. The molecule has 0 heterocycles. The number of phenolic OH excluding ortho intramolecular Hbond substituents is 1. The number of aromatic hydroxyl groups is 1. The predicted molar refractivity (Wildman–Crippen MR) is 263 cm³/mol. The van der Waals surface area contributed by atoms with Crippen LogP contribution in [0.25, 0.3) is 0 Å². The highest BCUT2D eigenvalue weighted by Gasteiger charge is 2.35. The fourth-order valence-corrected chi connectivity index (χ4v) is 6.74. The zero-order valence-corrected chi connectivity index (χ0v) is 42.6. The fourth-order valence-electron chi connectivity index (χ4n) is 6.74. The van der Waals surface area contributed by atoms with E-state index >= 15 is 0 Å². The molecule has 0 spiro atoms. The number of aliphatic carboxylic acids is 4. The third kappa shape index (κ3) is 26.5. The number of primary amides is 1. The molecule has 31 nitrogen and oxygen atoms in total. The molecule has 19 N–H and O–H groups in total.